The van der Waals surface area contributed by atoms with Gasteiger partial charge < -0.3 is 0 Å². The molecule has 1 saturated heterocycles. The van der Waals surface area contributed by atoms with Crippen molar-refractivity contribution >= 4 is 17.5 Å². The van der Waals surface area contributed by atoms with Crippen molar-refractivity contribution in [1.82, 2.24) is 4.98 Å². The van der Waals surface area contributed by atoms with Crippen molar-refractivity contribution in [2.45, 2.75) is 6.42 Å². The first-order valence-electron chi connectivity index (χ1n) is 4.35. The van der Waals surface area contributed by atoms with Crippen molar-refractivity contribution < 1.29 is 4.79 Å². The van der Waals surface area contributed by atoms with Gasteiger partial charge in [0.1, 0.15) is 5.78 Å². The number of hydrogen-bond donors (Lipinski definition) is 0. The second-order valence-electron chi connectivity index (χ2n) is 3.24. The zero-order chi connectivity index (χ0) is 9.10. The summed E-state index contributed by atoms with van der Waals surface area (Å²) in [6.07, 6.45) is 4.44. The minimum absolute atomic E-state index is 0.243. The zero-order valence-electron chi connectivity index (χ0n) is 7.27. The number of hydrogen-bond acceptors (Lipinski definition) is 3. The highest BCUT2D eigenvalue weighted by Gasteiger charge is 2.24. The van der Waals surface area contributed by atoms with Crippen LogP contribution in [0.2, 0.25) is 0 Å². The average Bonchev–Trinajstić information content (AvgIpc) is 2.54. The molecular weight excluding hydrogens is 182 g/mol. The molecule has 1 atom stereocenters. The van der Waals surface area contributed by atoms with E-state index in [1.165, 1.54) is 5.56 Å². The van der Waals surface area contributed by atoms with Crippen molar-refractivity contribution in [3.8, 4) is 0 Å². The molecule has 3 heteroatoms. The summed E-state index contributed by atoms with van der Waals surface area (Å²) in [5, 5.41) is 0. The van der Waals surface area contributed by atoms with Crippen molar-refractivity contribution in [3.05, 3.63) is 30.1 Å². The fourth-order valence-corrected chi connectivity index (χ4v) is 2.63. The van der Waals surface area contributed by atoms with Gasteiger partial charge in [0, 0.05) is 24.1 Å². The first-order chi connectivity index (χ1) is 6.36. The minimum atomic E-state index is 0.243. The van der Waals surface area contributed by atoms with E-state index in [9.17, 15) is 4.79 Å². The summed E-state index contributed by atoms with van der Waals surface area (Å²) in [5.41, 5.74) is 1.22. The molecule has 2 heterocycles. The number of ketones is 1. The Morgan fingerprint density at radius 1 is 1.46 bits per heavy atom. The van der Waals surface area contributed by atoms with Crippen molar-refractivity contribution in [2.75, 3.05) is 11.5 Å². The van der Waals surface area contributed by atoms with Gasteiger partial charge in [-0.3, -0.25) is 9.78 Å². The second kappa shape index (κ2) is 3.92. The Kier molecular flexibility index (Phi) is 2.64. The summed E-state index contributed by atoms with van der Waals surface area (Å²) in [7, 11) is 0. The lowest BCUT2D eigenvalue weighted by atomic mass is 9.99. The highest BCUT2D eigenvalue weighted by Crippen LogP contribution is 2.23. The zero-order valence-corrected chi connectivity index (χ0v) is 8.09. The molecule has 0 bridgehead atoms. The van der Waals surface area contributed by atoms with Crippen LogP contribution >= 0.6 is 11.8 Å². The van der Waals surface area contributed by atoms with Gasteiger partial charge in [-0.2, -0.15) is 11.8 Å². The molecule has 1 unspecified atom stereocenters. The van der Waals surface area contributed by atoms with Crippen molar-refractivity contribution in [2.24, 2.45) is 5.92 Å². The van der Waals surface area contributed by atoms with Crippen molar-refractivity contribution in [1.29, 1.82) is 0 Å². The molecule has 0 aromatic carbocycles. The molecule has 13 heavy (non-hydrogen) atoms. The smallest absolute Gasteiger partial charge is 0.146 e. The van der Waals surface area contributed by atoms with E-state index in [2.05, 4.69) is 4.98 Å². The van der Waals surface area contributed by atoms with E-state index >= 15 is 0 Å². The predicted molar refractivity (Wildman–Crippen MR) is 53.8 cm³/mol. The molecule has 1 aliphatic heterocycles. The lowest BCUT2D eigenvalue weighted by Gasteiger charge is -2.05. The Labute approximate surface area is 81.8 Å². The number of Topliss-reactive ketones (excluding diaryl/α,β-unsaturated/α-hetero) is 1. The molecule has 1 aromatic heterocycles. The number of carbonyl (C=O) groups excluding carboxylic acids is 1. The summed E-state index contributed by atoms with van der Waals surface area (Å²) >= 11 is 1.74. The highest BCUT2D eigenvalue weighted by atomic mass is 32.2. The average molecular weight is 193 g/mol. The molecule has 1 fully saturated rings. The Morgan fingerprint density at radius 3 is 2.85 bits per heavy atom. The molecule has 1 aromatic rings. The minimum Gasteiger partial charge on any atom is -0.298 e. The number of rotatable bonds is 2. The molecule has 0 amide bonds. The van der Waals surface area contributed by atoms with E-state index in [0.717, 1.165) is 12.2 Å². The van der Waals surface area contributed by atoms with Gasteiger partial charge in [0.2, 0.25) is 0 Å². The molecule has 2 rings (SSSR count). The molecule has 68 valence electrons. The van der Waals surface area contributed by atoms with Crippen LogP contribution in [-0.2, 0) is 11.2 Å². The third kappa shape index (κ3) is 2.10. The molecule has 0 saturated carbocycles. The van der Waals surface area contributed by atoms with Crippen molar-refractivity contribution in [3.63, 3.8) is 0 Å². The standard InChI is InChI=1S/C10H11NOS/c12-10-7-13-6-9(10)5-8-1-3-11-4-2-8/h1-4,9H,5-7H2. The topological polar surface area (TPSA) is 30.0 Å². The van der Waals surface area contributed by atoms with Crippen LogP contribution in [0.5, 0.6) is 0 Å². The van der Waals surface area contributed by atoms with E-state index in [1.54, 1.807) is 24.2 Å². The maximum Gasteiger partial charge on any atom is 0.146 e. The first kappa shape index (κ1) is 8.75. The largest absolute Gasteiger partial charge is 0.298 e. The Bertz CT molecular complexity index is 299. The number of pyridine rings is 1. The fourth-order valence-electron chi connectivity index (χ4n) is 1.49. The van der Waals surface area contributed by atoms with Crippen LogP contribution in [0.3, 0.4) is 0 Å². The summed E-state index contributed by atoms with van der Waals surface area (Å²) in [5.74, 6) is 2.34. The molecule has 0 spiro atoms. The van der Waals surface area contributed by atoms with Gasteiger partial charge in [0.25, 0.3) is 0 Å². The number of nitrogens with zero attached hydrogens (tertiary/aromatic N) is 1. The van der Waals surface area contributed by atoms with Crippen LogP contribution < -0.4 is 0 Å². The van der Waals surface area contributed by atoms with Crippen LogP contribution in [0, 0.1) is 5.92 Å². The third-order valence-corrected chi connectivity index (χ3v) is 3.38. The maximum absolute atomic E-state index is 11.3. The van der Waals surface area contributed by atoms with Gasteiger partial charge in [-0.1, -0.05) is 0 Å². The summed E-state index contributed by atoms with van der Waals surface area (Å²) in [6.45, 7) is 0. The van der Waals surface area contributed by atoms with E-state index in [0.29, 0.717) is 11.5 Å². The first-order valence-corrected chi connectivity index (χ1v) is 5.51. The SMILES string of the molecule is O=C1CSCC1Cc1ccncc1. The Morgan fingerprint density at radius 2 is 2.23 bits per heavy atom. The lowest BCUT2D eigenvalue weighted by Crippen LogP contribution is -2.13. The van der Waals surface area contributed by atoms with Gasteiger partial charge in [-0.05, 0) is 24.1 Å². The van der Waals surface area contributed by atoms with Gasteiger partial charge in [0.05, 0.1) is 5.75 Å². The molecule has 0 aliphatic carbocycles. The van der Waals surface area contributed by atoms with Crippen LogP contribution in [0.25, 0.3) is 0 Å². The lowest BCUT2D eigenvalue weighted by molar-refractivity contribution is -0.119. The van der Waals surface area contributed by atoms with E-state index < -0.39 is 0 Å². The molecular formula is C10H11NOS. The number of thioether (sulfide) groups is 1. The second-order valence-corrected chi connectivity index (χ2v) is 4.27. The van der Waals surface area contributed by atoms with Gasteiger partial charge >= 0.3 is 0 Å². The fraction of sp³-hybridized carbons (Fsp3) is 0.400. The van der Waals surface area contributed by atoms with Gasteiger partial charge in [-0.25, -0.2) is 0 Å². The van der Waals surface area contributed by atoms with E-state index in [1.807, 2.05) is 12.1 Å². The van der Waals surface area contributed by atoms with Gasteiger partial charge in [-0.15, -0.1) is 0 Å². The van der Waals surface area contributed by atoms with Gasteiger partial charge in [0.15, 0.2) is 0 Å². The highest BCUT2D eigenvalue weighted by molar-refractivity contribution is 8.00. The summed E-state index contributed by atoms with van der Waals surface area (Å²) < 4.78 is 0. The monoisotopic (exact) mass is 193 g/mol. The quantitative estimate of drug-likeness (QED) is 0.714. The van der Waals surface area contributed by atoms with Crippen LogP contribution in [0.1, 0.15) is 5.56 Å². The number of carbonyl (C=O) groups is 1. The third-order valence-electron chi connectivity index (χ3n) is 2.25. The van der Waals surface area contributed by atoms with Crippen LogP contribution in [-0.4, -0.2) is 22.3 Å². The van der Waals surface area contributed by atoms with E-state index in [-0.39, 0.29) is 5.92 Å². The van der Waals surface area contributed by atoms with E-state index in [4.69, 9.17) is 0 Å². The normalized spacial score (nSPS) is 22.2. The molecule has 1 aliphatic rings. The predicted octanol–water partition coefficient (Wildman–Crippen LogP) is 1.56. The Balaban J connectivity index is 2.02. The number of aromatic nitrogens is 1. The molecule has 2 nitrogen and oxygen atoms in total. The molecule has 0 N–H and O–H groups in total. The summed E-state index contributed by atoms with van der Waals surface area (Å²) in [6, 6.07) is 3.96. The van der Waals surface area contributed by atoms with Crippen LogP contribution in [0.4, 0.5) is 0 Å². The summed E-state index contributed by atoms with van der Waals surface area (Å²) in [4.78, 5) is 15.3. The Hall–Kier alpha value is -0.830. The van der Waals surface area contributed by atoms with Crippen LogP contribution in [0.15, 0.2) is 24.5 Å². The maximum atomic E-state index is 11.3. The molecule has 0 radical (unpaired) electrons.